The maximum atomic E-state index is 11.5. The van der Waals surface area contributed by atoms with Gasteiger partial charge in [0.15, 0.2) is 5.78 Å². The summed E-state index contributed by atoms with van der Waals surface area (Å²) in [5, 5.41) is 19.9. The summed E-state index contributed by atoms with van der Waals surface area (Å²) in [6.07, 6.45) is -1.50. The van der Waals surface area contributed by atoms with E-state index in [0.717, 1.165) is 5.56 Å². The van der Waals surface area contributed by atoms with E-state index in [1.807, 2.05) is 0 Å². The molecule has 1 aliphatic rings. The van der Waals surface area contributed by atoms with Crippen molar-refractivity contribution in [3.05, 3.63) is 34.9 Å². The van der Waals surface area contributed by atoms with Gasteiger partial charge in [-0.05, 0) is 24.5 Å². The number of carbonyl (C=O) groups excluding carboxylic acids is 2. The molecule has 0 heterocycles. The summed E-state index contributed by atoms with van der Waals surface area (Å²) in [5.41, 5.74) is 2.07. The molecule has 0 fully saturated rings. The fraction of sp³-hybridized carbons (Fsp3) is 0.467. The van der Waals surface area contributed by atoms with Crippen LogP contribution in [0, 0.1) is 0 Å². The van der Waals surface area contributed by atoms with Gasteiger partial charge in [0, 0.05) is 12.0 Å². The molecule has 0 bridgehead atoms. The predicted molar refractivity (Wildman–Crippen MR) is 71.3 cm³/mol. The van der Waals surface area contributed by atoms with Gasteiger partial charge in [-0.3, -0.25) is 9.59 Å². The van der Waals surface area contributed by atoms with Gasteiger partial charge in [0.05, 0.1) is 19.1 Å². The van der Waals surface area contributed by atoms with E-state index < -0.39 is 18.2 Å². The van der Waals surface area contributed by atoms with E-state index in [-0.39, 0.29) is 18.8 Å². The van der Waals surface area contributed by atoms with E-state index >= 15 is 0 Å². The molecule has 0 aliphatic heterocycles. The van der Waals surface area contributed by atoms with Crippen molar-refractivity contribution in [3.8, 4) is 0 Å². The van der Waals surface area contributed by atoms with Crippen LogP contribution in [0.2, 0.25) is 0 Å². The van der Waals surface area contributed by atoms with Crippen LogP contribution in [0.5, 0.6) is 0 Å². The lowest BCUT2D eigenvalue weighted by Gasteiger charge is -2.18. The molecule has 1 aromatic rings. The molecule has 0 spiro atoms. The van der Waals surface area contributed by atoms with Gasteiger partial charge >= 0.3 is 5.97 Å². The number of aliphatic hydroxyl groups is 2. The number of ether oxygens (including phenoxy) is 1. The highest BCUT2D eigenvalue weighted by Crippen LogP contribution is 2.27. The van der Waals surface area contributed by atoms with Gasteiger partial charge in [-0.1, -0.05) is 18.2 Å². The van der Waals surface area contributed by atoms with Crippen molar-refractivity contribution < 1.29 is 24.5 Å². The molecule has 2 atom stereocenters. The molecule has 2 N–H and O–H groups in total. The van der Waals surface area contributed by atoms with Gasteiger partial charge in [-0.15, -0.1) is 0 Å². The second-order valence-corrected chi connectivity index (χ2v) is 4.86. The number of aryl methyl sites for hydroxylation is 1. The molecule has 0 aromatic heterocycles. The van der Waals surface area contributed by atoms with Gasteiger partial charge in [0.25, 0.3) is 0 Å². The fourth-order valence-corrected chi connectivity index (χ4v) is 2.38. The third-order valence-electron chi connectivity index (χ3n) is 3.44. The Morgan fingerprint density at radius 1 is 1.35 bits per heavy atom. The van der Waals surface area contributed by atoms with Gasteiger partial charge in [0.1, 0.15) is 6.10 Å². The first-order chi connectivity index (χ1) is 9.52. The summed E-state index contributed by atoms with van der Waals surface area (Å²) < 4.78 is 4.73. The molecule has 0 radical (unpaired) electrons. The van der Waals surface area contributed by atoms with Crippen LogP contribution in [0.3, 0.4) is 0 Å². The Balaban J connectivity index is 2.07. The van der Waals surface area contributed by atoms with Crippen LogP contribution in [-0.2, 0) is 16.0 Å². The van der Waals surface area contributed by atoms with Gasteiger partial charge < -0.3 is 14.9 Å². The molecule has 2 rings (SSSR count). The van der Waals surface area contributed by atoms with E-state index in [4.69, 9.17) is 4.74 Å². The zero-order valence-corrected chi connectivity index (χ0v) is 11.3. The molecule has 0 amide bonds. The van der Waals surface area contributed by atoms with Crippen molar-refractivity contribution in [1.82, 2.24) is 0 Å². The van der Waals surface area contributed by atoms with Crippen molar-refractivity contribution in [3.63, 3.8) is 0 Å². The zero-order valence-electron chi connectivity index (χ0n) is 11.3. The Hall–Kier alpha value is -1.72. The maximum absolute atomic E-state index is 11.5. The summed E-state index contributed by atoms with van der Waals surface area (Å²) in [6, 6.07) is 5.00. The van der Waals surface area contributed by atoms with Crippen LogP contribution in [0.4, 0.5) is 0 Å². The smallest absolute Gasteiger partial charge is 0.308 e. The molecule has 0 saturated carbocycles. The molecule has 2 unspecified atom stereocenters. The van der Waals surface area contributed by atoms with Crippen LogP contribution in [0.25, 0.3) is 0 Å². The van der Waals surface area contributed by atoms with E-state index in [0.29, 0.717) is 24.0 Å². The second-order valence-electron chi connectivity index (χ2n) is 4.86. The number of carbonyl (C=O) groups is 2. The molecule has 20 heavy (non-hydrogen) atoms. The predicted octanol–water partition coefficient (Wildman–Crippen LogP) is 1.16. The number of esters is 1. The minimum Gasteiger partial charge on any atom is -0.466 e. The normalized spacial score (nSPS) is 16.6. The third kappa shape index (κ3) is 3.05. The first-order valence-electron chi connectivity index (χ1n) is 6.70. The highest BCUT2D eigenvalue weighted by molar-refractivity contribution is 6.00. The Labute approximate surface area is 117 Å². The molecule has 1 aromatic carbocycles. The number of fused-ring (bicyclic) bond motifs is 1. The molecular weight excluding hydrogens is 260 g/mol. The topological polar surface area (TPSA) is 83.8 Å². The van der Waals surface area contributed by atoms with E-state index in [2.05, 4.69) is 0 Å². The van der Waals surface area contributed by atoms with Gasteiger partial charge in [-0.2, -0.15) is 0 Å². The van der Waals surface area contributed by atoms with Crippen LogP contribution < -0.4 is 0 Å². The second kappa shape index (κ2) is 6.15. The lowest BCUT2D eigenvalue weighted by molar-refractivity contribution is -0.147. The average molecular weight is 278 g/mol. The molecule has 1 aliphatic carbocycles. The first kappa shape index (κ1) is 14.7. The number of ketones is 1. The van der Waals surface area contributed by atoms with Crippen LogP contribution in [-0.4, -0.2) is 34.7 Å². The highest BCUT2D eigenvalue weighted by atomic mass is 16.5. The SMILES string of the molecule is CCOC(=O)CC(O)C(O)c1ccc2c(c1)CCC2=O. The number of benzene rings is 1. The minimum absolute atomic E-state index is 0.105. The number of Topliss-reactive ketones (excluding diaryl/α,β-unsaturated/α-hetero) is 1. The summed E-state index contributed by atoms with van der Waals surface area (Å²) >= 11 is 0. The van der Waals surface area contributed by atoms with Gasteiger partial charge in [0.2, 0.25) is 0 Å². The number of hydrogen-bond acceptors (Lipinski definition) is 5. The van der Waals surface area contributed by atoms with Crippen molar-refractivity contribution in [2.45, 2.75) is 38.4 Å². The van der Waals surface area contributed by atoms with Crippen molar-refractivity contribution in [2.24, 2.45) is 0 Å². The fourth-order valence-electron chi connectivity index (χ4n) is 2.38. The summed E-state index contributed by atoms with van der Waals surface area (Å²) in [6.45, 7) is 1.92. The maximum Gasteiger partial charge on any atom is 0.308 e. The highest BCUT2D eigenvalue weighted by Gasteiger charge is 2.25. The Morgan fingerprint density at radius 2 is 2.10 bits per heavy atom. The van der Waals surface area contributed by atoms with Crippen LogP contribution in [0.1, 0.15) is 47.4 Å². The van der Waals surface area contributed by atoms with Gasteiger partial charge in [-0.25, -0.2) is 0 Å². The largest absolute Gasteiger partial charge is 0.466 e. The molecule has 0 saturated heterocycles. The van der Waals surface area contributed by atoms with Crippen molar-refractivity contribution >= 4 is 11.8 Å². The summed E-state index contributed by atoms with van der Waals surface area (Å²) in [5.74, 6) is -0.441. The van der Waals surface area contributed by atoms with Crippen LogP contribution >= 0.6 is 0 Å². The Kier molecular flexibility index (Phi) is 4.52. The average Bonchev–Trinajstić information content (AvgIpc) is 2.79. The Bertz CT molecular complexity index is 523. The van der Waals surface area contributed by atoms with Crippen molar-refractivity contribution in [1.29, 1.82) is 0 Å². The molecule has 5 heteroatoms. The molecule has 108 valence electrons. The number of aliphatic hydroxyl groups excluding tert-OH is 2. The standard InChI is InChI=1S/C15H18O5/c1-2-20-14(18)8-13(17)15(19)10-3-5-11-9(7-10)4-6-12(11)16/h3,5,7,13,15,17,19H,2,4,6,8H2,1H3. The van der Waals surface area contributed by atoms with Crippen LogP contribution in [0.15, 0.2) is 18.2 Å². The monoisotopic (exact) mass is 278 g/mol. The summed E-state index contributed by atoms with van der Waals surface area (Å²) in [7, 11) is 0. The molecule has 5 nitrogen and oxygen atoms in total. The van der Waals surface area contributed by atoms with Crippen molar-refractivity contribution in [2.75, 3.05) is 6.61 Å². The lowest BCUT2D eigenvalue weighted by Crippen LogP contribution is -2.23. The third-order valence-corrected chi connectivity index (χ3v) is 3.44. The number of hydrogen-bond donors (Lipinski definition) is 2. The van der Waals surface area contributed by atoms with E-state index in [1.165, 1.54) is 0 Å². The van der Waals surface area contributed by atoms with E-state index in [1.54, 1.807) is 25.1 Å². The minimum atomic E-state index is -1.22. The number of rotatable bonds is 5. The quantitative estimate of drug-likeness (QED) is 0.790. The first-order valence-corrected chi connectivity index (χ1v) is 6.70. The summed E-state index contributed by atoms with van der Waals surface area (Å²) in [4.78, 5) is 22.8. The zero-order chi connectivity index (χ0) is 14.7. The Morgan fingerprint density at radius 3 is 2.80 bits per heavy atom. The lowest BCUT2D eigenvalue weighted by atomic mass is 9.98. The molecular formula is C15H18O5. The van der Waals surface area contributed by atoms with E-state index in [9.17, 15) is 19.8 Å².